The number of hydrogen-bond donors (Lipinski definition) is 3. The van der Waals surface area contributed by atoms with E-state index in [-0.39, 0.29) is 30.0 Å². The molecule has 0 fully saturated rings. The first-order chi connectivity index (χ1) is 12.2. The van der Waals surface area contributed by atoms with E-state index in [1.54, 1.807) is 26.0 Å². The normalized spacial score (nSPS) is 11.5. The van der Waals surface area contributed by atoms with Gasteiger partial charge in [-0.15, -0.1) is 0 Å². The first-order valence-corrected chi connectivity index (χ1v) is 7.87. The summed E-state index contributed by atoms with van der Waals surface area (Å²) in [5, 5.41) is 11.8. The van der Waals surface area contributed by atoms with Gasteiger partial charge in [-0.2, -0.15) is 0 Å². The number of carboxylic acids is 1. The van der Waals surface area contributed by atoms with Crippen LogP contribution in [0.25, 0.3) is 0 Å². The van der Waals surface area contributed by atoms with Gasteiger partial charge in [-0.3, -0.25) is 9.59 Å². The van der Waals surface area contributed by atoms with E-state index in [0.29, 0.717) is 11.1 Å². The summed E-state index contributed by atoms with van der Waals surface area (Å²) in [6.45, 7) is 3.09. The van der Waals surface area contributed by atoms with Gasteiger partial charge in [-0.1, -0.05) is 26.0 Å². The molecule has 0 aliphatic carbocycles. The lowest BCUT2D eigenvalue weighted by molar-refractivity contribution is -0.138. The lowest BCUT2D eigenvalue weighted by Crippen LogP contribution is -2.33. The number of aliphatic carboxylic acids is 1. The van der Waals surface area contributed by atoms with Crippen LogP contribution in [0, 0.1) is 5.92 Å². The number of methoxy groups -OCH3 is 1. The van der Waals surface area contributed by atoms with Gasteiger partial charge in [0.15, 0.2) is 0 Å². The fourth-order valence-corrected chi connectivity index (χ4v) is 2.37. The highest BCUT2D eigenvalue weighted by Crippen LogP contribution is 2.21. The SMILES string of the molecule is COC(=O)/C(Cc1ccc(C(=O)NCC(N)=O)cc1)=C(\C(=O)O)C(C)C. The number of hydrogen-bond acceptors (Lipinski definition) is 5. The van der Waals surface area contributed by atoms with E-state index in [1.807, 2.05) is 0 Å². The largest absolute Gasteiger partial charge is 0.478 e. The quantitative estimate of drug-likeness (QED) is 0.459. The fourth-order valence-electron chi connectivity index (χ4n) is 2.37. The lowest BCUT2D eigenvalue weighted by Gasteiger charge is -2.14. The van der Waals surface area contributed by atoms with Gasteiger partial charge in [0.05, 0.1) is 24.8 Å². The third-order valence-electron chi connectivity index (χ3n) is 3.58. The smallest absolute Gasteiger partial charge is 0.334 e. The van der Waals surface area contributed by atoms with E-state index >= 15 is 0 Å². The molecule has 0 radical (unpaired) electrons. The van der Waals surface area contributed by atoms with Crippen molar-refractivity contribution >= 4 is 23.8 Å². The van der Waals surface area contributed by atoms with Gasteiger partial charge in [-0.25, -0.2) is 9.59 Å². The van der Waals surface area contributed by atoms with Gasteiger partial charge in [0.1, 0.15) is 0 Å². The Hall–Kier alpha value is -3.16. The van der Waals surface area contributed by atoms with Crippen molar-refractivity contribution in [2.45, 2.75) is 20.3 Å². The summed E-state index contributed by atoms with van der Waals surface area (Å²) in [5.41, 5.74) is 5.95. The zero-order chi connectivity index (χ0) is 19.9. The minimum atomic E-state index is -1.18. The highest BCUT2D eigenvalue weighted by molar-refractivity contribution is 6.00. The number of carbonyl (C=O) groups is 4. The molecule has 0 heterocycles. The van der Waals surface area contributed by atoms with Gasteiger partial charge in [0.25, 0.3) is 5.91 Å². The second kappa shape index (κ2) is 9.36. The molecule has 8 heteroatoms. The molecule has 1 aromatic rings. The van der Waals surface area contributed by atoms with Gasteiger partial charge >= 0.3 is 11.9 Å². The number of nitrogens with one attached hydrogen (secondary N) is 1. The van der Waals surface area contributed by atoms with E-state index in [1.165, 1.54) is 19.2 Å². The summed E-state index contributed by atoms with van der Waals surface area (Å²) in [7, 11) is 1.19. The number of rotatable bonds is 8. The Morgan fingerprint density at radius 1 is 1.15 bits per heavy atom. The molecule has 4 N–H and O–H groups in total. The van der Waals surface area contributed by atoms with Crippen molar-refractivity contribution in [3.05, 3.63) is 46.5 Å². The number of nitrogens with two attached hydrogens (primary N) is 1. The molecule has 8 nitrogen and oxygen atoms in total. The van der Waals surface area contributed by atoms with Crippen LogP contribution in [-0.4, -0.2) is 42.5 Å². The summed E-state index contributed by atoms with van der Waals surface area (Å²) < 4.78 is 4.71. The molecule has 1 rings (SSSR count). The van der Waals surface area contributed by atoms with Crippen LogP contribution in [0.4, 0.5) is 0 Å². The molecule has 0 spiro atoms. The first kappa shape index (κ1) is 20.9. The van der Waals surface area contributed by atoms with Crippen LogP contribution in [0.2, 0.25) is 0 Å². The molecule has 2 amide bonds. The van der Waals surface area contributed by atoms with E-state index in [4.69, 9.17) is 10.5 Å². The minimum Gasteiger partial charge on any atom is -0.478 e. The number of amides is 2. The Morgan fingerprint density at radius 2 is 1.73 bits per heavy atom. The van der Waals surface area contributed by atoms with Crippen LogP contribution in [0.15, 0.2) is 35.4 Å². The van der Waals surface area contributed by atoms with Gasteiger partial charge in [-0.05, 0) is 23.6 Å². The van der Waals surface area contributed by atoms with Crippen molar-refractivity contribution in [3.63, 3.8) is 0 Å². The number of carboxylic acid groups (broad SMARTS) is 1. The van der Waals surface area contributed by atoms with E-state index in [2.05, 4.69) is 5.32 Å². The molecule has 0 aliphatic rings. The predicted molar refractivity (Wildman–Crippen MR) is 93.2 cm³/mol. The van der Waals surface area contributed by atoms with Gasteiger partial charge in [0.2, 0.25) is 5.91 Å². The van der Waals surface area contributed by atoms with Crippen LogP contribution in [0.1, 0.15) is 29.8 Å². The Balaban J connectivity index is 3.08. The molecular weight excluding hydrogens is 340 g/mol. The molecule has 26 heavy (non-hydrogen) atoms. The number of esters is 1. The monoisotopic (exact) mass is 362 g/mol. The average molecular weight is 362 g/mol. The molecule has 0 saturated heterocycles. The number of ether oxygens (including phenoxy) is 1. The second-order valence-electron chi connectivity index (χ2n) is 5.87. The molecule has 0 atom stereocenters. The summed E-state index contributed by atoms with van der Waals surface area (Å²) in [6, 6.07) is 6.22. The average Bonchev–Trinajstić information content (AvgIpc) is 2.58. The van der Waals surface area contributed by atoms with Crippen LogP contribution < -0.4 is 11.1 Å². The van der Waals surface area contributed by atoms with Crippen molar-refractivity contribution < 1.29 is 29.0 Å². The summed E-state index contributed by atoms with van der Waals surface area (Å²) in [4.78, 5) is 46.1. The van der Waals surface area contributed by atoms with Crippen molar-refractivity contribution in [2.75, 3.05) is 13.7 Å². The maximum atomic E-state index is 12.0. The molecule has 140 valence electrons. The number of carbonyl (C=O) groups excluding carboxylic acids is 3. The van der Waals surface area contributed by atoms with Crippen molar-refractivity contribution in [1.82, 2.24) is 5.32 Å². The zero-order valence-corrected chi connectivity index (χ0v) is 14.9. The fraction of sp³-hybridized carbons (Fsp3) is 0.333. The van der Waals surface area contributed by atoms with E-state index in [0.717, 1.165) is 0 Å². The molecule has 0 aliphatic heterocycles. The van der Waals surface area contributed by atoms with Crippen molar-refractivity contribution in [2.24, 2.45) is 11.7 Å². The molecule has 0 unspecified atom stereocenters. The lowest BCUT2D eigenvalue weighted by atomic mass is 9.92. The Bertz CT molecular complexity index is 735. The van der Waals surface area contributed by atoms with E-state index < -0.39 is 23.8 Å². The summed E-state index contributed by atoms with van der Waals surface area (Å²) in [5.74, 6) is -3.38. The standard InChI is InChI=1S/C18H22N2O6/c1-10(2)15(17(23)24)13(18(25)26-3)8-11-4-6-12(7-5-11)16(22)20-9-14(19)21/h4-7,10H,8-9H2,1-3H3,(H2,19,21)(H,20,22)(H,23,24)/b15-13-. The predicted octanol–water partition coefficient (Wildman–Crippen LogP) is 0.654. The second-order valence-corrected chi connectivity index (χ2v) is 5.87. The van der Waals surface area contributed by atoms with E-state index in [9.17, 15) is 24.3 Å². The highest BCUT2D eigenvalue weighted by atomic mass is 16.5. The molecule has 1 aromatic carbocycles. The van der Waals surface area contributed by atoms with Crippen LogP contribution >= 0.6 is 0 Å². The van der Waals surface area contributed by atoms with Crippen molar-refractivity contribution in [1.29, 1.82) is 0 Å². The molecule has 0 aromatic heterocycles. The highest BCUT2D eigenvalue weighted by Gasteiger charge is 2.24. The minimum absolute atomic E-state index is 0.0138. The number of primary amides is 1. The third kappa shape index (κ3) is 5.73. The van der Waals surface area contributed by atoms with Crippen LogP contribution in [-0.2, 0) is 25.5 Å². The van der Waals surface area contributed by atoms with Crippen LogP contribution in [0.5, 0.6) is 0 Å². The van der Waals surface area contributed by atoms with Gasteiger partial charge in [0, 0.05) is 12.0 Å². The Morgan fingerprint density at radius 3 is 2.15 bits per heavy atom. The summed E-state index contributed by atoms with van der Waals surface area (Å²) in [6.07, 6.45) is 0.0513. The maximum Gasteiger partial charge on any atom is 0.334 e. The molecule has 0 saturated carbocycles. The first-order valence-electron chi connectivity index (χ1n) is 7.87. The van der Waals surface area contributed by atoms with Crippen LogP contribution in [0.3, 0.4) is 0 Å². The Kier molecular flexibility index (Phi) is 7.52. The van der Waals surface area contributed by atoms with Crippen molar-refractivity contribution in [3.8, 4) is 0 Å². The summed E-state index contributed by atoms with van der Waals surface area (Å²) >= 11 is 0. The topological polar surface area (TPSA) is 136 Å². The third-order valence-corrected chi connectivity index (χ3v) is 3.58. The Labute approximate surface area is 151 Å². The molecular formula is C18H22N2O6. The van der Waals surface area contributed by atoms with Gasteiger partial charge < -0.3 is 20.9 Å². The number of benzene rings is 1. The zero-order valence-electron chi connectivity index (χ0n) is 14.9. The maximum absolute atomic E-state index is 12.0. The molecule has 0 bridgehead atoms.